The molecule has 1 heterocycles. The molecule has 0 bridgehead atoms. The maximum atomic E-state index is 12.2. The number of amides is 2. The second kappa shape index (κ2) is 8.89. The minimum absolute atomic E-state index is 0.0447. The second-order valence-electron chi connectivity index (χ2n) is 5.33. The average molecular weight is 286 g/mol. The summed E-state index contributed by atoms with van der Waals surface area (Å²) < 4.78 is 0. The molecule has 116 valence electrons. The molecular formula is C13H26N4O3. The van der Waals surface area contributed by atoms with Crippen molar-refractivity contribution in [2.75, 3.05) is 39.8 Å². The molecule has 0 spiro atoms. The first-order chi connectivity index (χ1) is 9.56. The Kier molecular flexibility index (Phi) is 7.50. The standard InChI is InChI=1S/C13H26N4O3/c1-3-4-5-12(10-17(20)11-18)13(19)14-16-8-6-15(2)7-9-16/h11-12,20H,3-10H2,1-2H3,(H,14,19). The van der Waals surface area contributed by atoms with E-state index in [1.54, 1.807) is 0 Å². The van der Waals surface area contributed by atoms with E-state index in [0.717, 1.165) is 39.0 Å². The normalized spacial score (nSPS) is 18.6. The number of rotatable bonds is 8. The monoisotopic (exact) mass is 286 g/mol. The molecule has 1 aliphatic rings. The molecule has 1 saturated heterocycles. The highest BCUT2D eigenvalue weighted by molar-refractivity contribution is 5.78. The molecule has 0 aromatic heterocycles. The summed E-state index contributed by atoms with van der Waals surface area (Å²) in [5.41, 5.74) is 2.89. The van der Waals surface area contributed by atoms with Crippen LogP contribution in [0.2, 0.25) is 0 Å². The topological polar surface area (TPSA) is 76.1 Å². The maximum absolute atomic E-state index is 12.2. The van der Waals surface area contributed by atoms with E-state index in [1.807, 2.05) is 11.9 Å². The Balaban J connectivity index is 2.46. The van der Waals surface area contributed by atoms with Crippen molar-refractivity contribution >= 4 is 12.3 Å². The molecule has 1 unspecified atom stereocenters. The van der Waals surface area contributed by atoms with Gasteiger partial charge in [-0.15, -0.1) is 0 Å². The van der Waals surface area contributed by atoms with Gasteiger partial charge in [-0.25, -0.2) is 10.1 Å². The fraction of sp³-hybridized carbons (Fsp3) is 0.846. The highest BCUT2D eigenvalue weighted by Gasteiger charge is 2.23. The number of carbonyl (C=O) groups is 2. The second-order valence-corrected chi connectivity index (χ2v) is 5.33. The van der Waals surface area contributed by atoms with Gasteiger partial charge >= 0.3 is 0 Å². The zero-order valence-electron chi connectivity index (χ0n) is 12.4. The van der Waals surface area contributed by atoms with E-state index >= 15 is 0 Å². The van der Waals surface area contributed by atoms with Crippen LogP contribution in [-0.2, 0) is 9.59 Å². The molecule has 1 rings (SSSR count). The number of carbonyl (C=O) groups excluding carboxylic acids is 2. The number of likely N-dealkylation sites (N-methyl/N-ethyl adjacent to an activating group) is 1. The van der Waals surface area contributed by atoms with Gasteiger partial charge in [0.25, 0.3) is 0 Å². The van der Waals surface area contributed by atoms with Gasteiger partial charge in [0.1, 0.15) is 0 Å². The largest absolute Gasteiger partial charge is 0.304 e. The van der Waals surface area contributed by atoms with Gasteiger partial charge in [0.15, 0.2) is 0 Å². The molecular weight excluding hydrogens is 260 g/mol. The van der Waals surface area contributed by atoms with Crippen molar-refractivity contribution in [2.24, 2.45) is 5.92 Å². The highest BCUT2D eigenvalue weighted by Crippen LogP contribution is 2.10. The third-order valence-electron chi connectivity index (χ3n) is 3.58. The Labute approximate surface area is 120 Å². The first-order valence-electron chi connectivity index (χ1n) is 7.21. The highest BCUT2D eigenvalue weighted by atomic mass is 16.5. The quantitative estimate of drug-likeness (QED) is 0.371. The average Bonchev–Trinajstić information content (AvgIpc) is 2.45. The Morgan fingerprint density at radius 2 is 2.05 bits per heavy atom. The van der Waals surface area contributed by atoms with Crippen molar-refractivity contribution < 1.29 is 14.8 Å². The molecule has 0 aromatic carbocycles. The first kappa shape index (κ1) is 16.9. The number of nitrogens with one attached hydrogen (secondary N) is 1. The summed E-state index contributed by atoms with van der Waals surface area (Å²) in [5.74, 6) is -0.492. The number of hydroxylamine groups is 2. The third kappa shape index (κ3) is 5.85. The Morgan fingerprint density at radius 3 is 2.60 bits per heavy atom. The van der Waals surface area contributed by atoms with Gasteiger partial charge in [-0.3, -0.25) is 20.2 Å². The van der Waals surface area contributed by atoms with Gasteiger partial charge in [-0.2, -0.15) is 0 Å². The zero-order chi connectivity index (χ0) is 15.0. The van der Waals surface area contributed by atoms with E-state index in [2.05, 4.69) is 17.4 Å². The molecule has 20 heavy (non-hydrogen) atoms. The maximum Gasteiger partial charge on any atom is 0.239 e. The summed E-state index contributed by atoms with van der Waals surface area (Å²) in [6.45, 7) is 5.51. The van der Waals surface area contributed by atoms with E-state index in [4.69, 9.17) is 0 Å². The molecule has 2 amide bonds. The summed E-state index contributed by atoms with van der Waals surface area (Å²) >= 11 is 0. The number of piperazine rings is 1. The van der Waals surface area contributed by atoms with Crippen LogP contribution in [0.1, 0.15) is 26.2 Å². The molecule has 2 N–H and O–H groups in total. The lowest BCUT2D eigenvalue weighted by Gasteiger charge is -2.33. The summed E-state index contributed by atoms with van der Waals surface area (Å²) in [5, 5.41) is 11.7. The fourth-order valence-corrected chi connectivity index (χ4v) is 2.19. The van der Waals surface area contributed by atoms with Crippen molar-refractivity contribution in [3.63, 3.8) is 0 Å². The molecule has 1 atom stereocenters. The van der Waals surface area contributed by atoms with Crippen molar-refractivity contribution in [1.29, 1.82) is 0 Å². The SMILES string of the molecule is CCCCC(CN(O)C=O)C(=O)NN1CCN(C)CC1. The molecule has 1 aliphatic heterocycles. The Hall–Kier alpha value is -1.18. The van der Waals surface area contributed by atoms with Crippen molar-refractivity contribution in [2.45, 2.75) is 26.2 Å². The van der Waals surface area contributed by atoms with E-state index in [0.29, 0.717) is 17.9 Å². The van der Waals surface area contributed by atoms with E-state index in [9.17, 15) is 14.8 Å². The van der Waals surface area contributed by atoms with Crippen LogP contribution >= 0.6 is 0 Å². The van der Waals surface area contributed by atoms with Gasteiger partial charge in [-0.05, 0) is 13.5 Å². The Bertz CT molecular complexity index is 306. The van der Waals surface area contributed by atoms with E-state index in [1.165, 1.54) is 0 Å². The summed E-state index contributed by atoms with van der Waals surface area (Å²) in [4.78, 5) is 24.9. The fourth-order valence-electron chi connectivity index (χ4n) is 2.19. The van der Waals surface area contributed by atoms with Gasteiger partial charge in [0.05, 0.1) is 12.5 Å². The van der Waals surface area contributed by atoms with Gasteiger partial charge < -0.3 is 4.90 Å². The van der Waals surface area contributed by atoms with Crippen LogP contribution < -0.4 is 5.43 Å². The van der Waals surface area contributed by atoms with Crippen LogP contribution in [0, 0.1) is 5.92 Å². The van der Waals surface area contributed by atoms with Crippen LogP contribution in [0.15, 0.2) is 0 Å². The molecule has 0 saturated carbocycles. The minimum atomic E-state index is -0.371. The van der Waals surface area contributed by atoms with Crippen molar-refractivity contribution in [3.8, 4) is 0 Å². The number of unbranched alkanes of at least 4 members (excludes halogenated alkanes) is 1. The molecule has 7 nitrogen and oxygen atoms in total. The van der Waals surface area contributed by atoms with Crippen LogP contribution in [0.5, 0.6) is 0 Å². The number of hydrogen-bond donors (Lipinski definition) is 2. The predicted octanol–water partition coefficient (Wildman–Crippen LogP) is -0.0810. The smallest absolute Gasteiger partial charge is 0.239 e. The summed E-state index contributed by atoms with van der Waals surface area (Å²) in [6, 6.07) is 0. The van der Waals surface area contributed by atoms with Crippen molar-refractivity contribution in [1.82, 2.24) is 20.4 Å². The summed E-state index contributed by atoms with van der Waals surface area (Å²) in [7, 11) is 2.05. The number of hydrogen-bond acceptors (Lipinski definition) is 5. The first-order valence-corrected chi connectivity index (χ1v) is 7.21. The molecule has 7 heteroatoms. The van der Waals surface area contributed by atoms with Gasteiger partial charge in [-0.1, -0.05) is 19.8 Å². The summed E-state index contributed by atoms with van der Waals surface area (Å²) in [6.07, 6.45) is 2.88. The Morgan fingerprint density at radius 1 is 1.40 bits per heavy atom. The molecule has 1 fully saturated rings. The van der Waals surface area contributed by atoms with E-state index < -0.39 is 0 Å². The number of nitrogens with zero attached hydrogens (tertiary/aromatic N) is 3. The van der Waals surface area contributed by atoms with Crippen LogP contribution in [0.3, 0.4) is 0 Å². The van der Waals surface area contributed by atoms with Crippen LogP contribution in [0.4, 0.5) is 0 Å². The van der Waals surface area contributed by atoms with Gasteiger partial charge in [0.2, 0.25) is 12.3 Å². The molecule has 0 aliphatic carbocycles. The zero-order valence-corrected chi connectivity index (χ0v) is 12.4. The van der Waals surface area contributed by atoms with Gasteiger partial charge in [0, 0.05) is 26.2 Å². The lowest BCUT2D eigenvalue weighted by molar-refractivity contribution is -0.155. The van der Waals surface area contributed by atoms with E-state index in [-0.39, 0.29) is 18.4 Å². The van der Waals surface area contributed by atoms with Crippen LogP contribution in [0.25, 0.3) is 0 Å². The van der Waals surface area contributed by atoms with Crippen molar-refractivity contribution in [3.05, 3.63) is 0 Å². The predicted molar refractivity (Wildman–Crippen MR) is 74.8 cm³/mol. The number of hydrazine groups is 1. The van der Waals surface area contributed by atoms with Crippen LogP contribution in [-0.4, -0.2) is 72.3 Å². The molecule has 0 aromatic rings. The third-order valence-corrected chi connectivity index (χ3v) is 3.58. The minimum Gasteiger partial charge on any atom is -0.304 e. The lowest BCUT2D eigenvalue weighted by atomic mass is 10.0. The molecule has 0 radical (unpaired) electrons. The lowest BCUT2D eigenvalue weighted by Crippen LogP contribution is -2.54.